The molecule has 1 amide bonds. The van der Waals surface area contributed by atoms with Gasteiger partial charge in [0.05, 0.1) is 5.92 Å². The summed E-state index contributed by atoms with van der Waals surface area (Å²) in [7, 11) is 0. The zero-order valence-corrected chi connectivity index (χ0v) is 12.1. The van der Waals surface area contributed by atoms with Crippen LogP contribution in [0, 0.1) is 5.92 Å². The fourth-order valence-corrected chi connectivity index (χ4v) is 2.15. The van der Waals surface area contributed by atoms with Crippen molar-refractivity contribution >= 4 is 29.1 Å². The molecule has 116 valence electrons. The van der Waals surface area contributed by atoms with Crippen molar-refractivity contribution in [2.75, 3.05) is 6.61 Å². The fraction of sp³-hybridized carbons (Fsp3) is 0.500. The first-order valence-electron chi connectivity index (χ1n) is 5.98. The number of carbonyl (C=O) groups is 1. The number of pyridine rings is 1. The molecule has 1 heterocycles. The van der Waals surface area contributed by atoms with Gasteiger partial charge in [-0.3, -0.25) is 4.79 Å². The van der Waals surface area contributed by atoms with Gasteiger partial charge in [-0.15, -0.1) is 23.2 Å². The van der Waals surface area contributed by atoms with Gasteiger partial charge in [0.2, 0.25) is 11.8 Å². The largest absolute Gasteiger partial charge is 0.468 e. The monoisotopic (exact) mass is 342 g/mol. The number of hydrogen-bond acceptors (Lipinski definition) is 3. The summed E-state index contributed by atoms with van der Waals surface area (Å²) in [6, 6.07) is 3.05. The highest BCUT2D eigenvalue weighted by Crippen LogP contribution is 2.53. The number of rotatable bonds is 5. The number of hydrogen-bond donors (Lipinski definition) is 1. The summed E-state index contributed by atoms with van der Waals surface area (Å²) in [6.07, 6.45) is -2.80. The normalized spacial score (nSPS) is 20.0. The van der Waals surface area contributed by atoms with E-state index in [0.29, 0.717) is 12.0 Å². The first-order chi connectivity index (χ1) is 9.69. The lowest BCUT2D eigenvalue weighted by atomic mass is 10.2. The second-order valence-corrected chi connectivity index (χ2v) is 6.15. The van der Waals surface area contributed by atoms with Gasteiger partial charge in [-0.2, -0.15) is 13.2 Å². The molecule has 0 saturated heterocycles. The predicted molar refractivity (Wildman–Crippen MR) is 70.2 cm³/mol. The van der Waals surface area contributed by atoms with Gasteiger partial charge in [-0.25, -0.2) is 4.98 Å². The maximum atomic E-state index is 12.1. The standard InChI is InChI=1S/C12H11Cl2F3N2O2/c13-11(14)4-8(11)9(20)19-5-7-2-1-3-18-10(7)21-6-12(15,16)17/h1-3,8H,4-6H2,(H,19,20). The number of aromatic nitrogens is 1. The molecule has 1 aliphatic carbocycles. The summed E-state index contributed by atoms with van der Waals surface area (Å²) in [5.74, 6) is -1.03. The number of amides is 1. The summed E-state index contributed by atoms with van der Waals surface area (Å²) in [5, 5.41) is 2.54. The highest BCUT2D eigenvalue weighted by Gasteiger charge is 2.56. The molecule has 1 fully saturated rings. The Morgan fingerprint density at radius 2 is 2.19 bits per heavy atom. The Morgan fingerprint density at radius 3 is 2.76 bits per heavy atom. The molecule has 21 heavy (non-hydrogen) atoms. The van der Waals surface area contributed by atoms with Crippen LogP contribution < -0.4 is 10.1 Å². The van der Waals surface area contributed by atoms with Crippen LogP contribution in [0.15, 0.2) is 18.3 Å². The summed E-state index contributed by atoms with van der Waals surface area (Å²) in [4.78, 5) is 15.4. The Bertz CT molecular complexity index is 537. The Balaban J connectivity index is 1.92. The Morgan fingerprint density at radius 1 is 1.52 bits per heavy atom. The van der Waals surface area contributed by atoms with Crippen molar-refractivity contribution in [2.24, 2.45) is 5.92 Å². The van der Waals surface area contributed by atoms with Gasteiger partial charge < -0.3 is 10.1 Å². The second-order valence-electron chi connectivity index (χ2n) is 4.61. The third-order valence-corrected chi connectivity index (χ3v) is 3.65. The van der Waals surface area contributed by atoms with Crippen LogP contribution in [0.4, 0.5) is 13.2 Å². The first-order valence-corrected chi connectivity index (χ1v) is 6.73. The van der Waals surface area contributed by atoms with E-state index >= 15 is 0 Å². The van der Waals surface area contributed by atoms with E-state index in [1.54, 1.807) is 0 Å². The van der Waals surface area contributed by atoms with Crippen LogP contribution in [0.3, 0.4) is 0 Å². The van der Waals surface area contributed by atoms with Crippen molar-refractivity contribution in [1.29, 1.82) is 0 Å². The topological polar surface area (TPSA) is 51.2 Å². The van der Waals surface area contributed by atoms with Crippen LogP contribution >= 0.6 is 23.2 Å². The number of alkyl halides is 5. The van der Waals surface area contributed by atoms with E-state index in [1.165, 1.54) is 18.3 Å². The van der Waals surface area contributed by atoms with Crippen molar-refractivity contribution in [1.82, 2.24) is 10.3 Å². The summed E-state index contributed by atoms with van der Waals surface area (Å²) < 4.78 is 40.0. The Hall–Kier alpha value is -1.21. The molecule has 0 radical (unpaired) electrons. The Labute approximate surface area is 128 Å². The van der Waals surface area contributed by atoms with E-state index in [9.17, 15) is 18.0 Å². The third kappa shape index (κ3) is 4.64. The number of halogens is 5. The van der Waals surface area contributed by atoms with Crippen LogP contribution in [0.1, 0.15) is 12.0 Å². The number of nitrogens with zero attached hydrogens (tertiary/aromatic N) is 1. The van der Waals surface area contributed by atoms with Crippen molar-refractivity contribution in [3.05, 3.63) is 23.9 Å². The van der Waals surface area contributed by atoms with Gasteiger partial charge in [0, 0.05) is 18.3 Å². The Kier molecular flexibility index (Phi) is 4.53. The van der Waals surface area contributed by atoms with Crippen LogP contribution in [0.2, 0.25) is 0 Å². The zero-order valence-electron chi connectivity index (χ0n) is 10.6. The van der Waals surface area contributed by atoms with Crippen molar-refractivity contribution in [2.45, 2.75) is 23.5 Å². The maximum Gasteiger partial charge on any atom is 0.422 e. The van der Waals surface area contributed by atoms with Crippen LogP contribution in [0.25, 0.3) is 0 Å². The molecule has 9 heteroatoms. The van der Waals surface area contributed by atoms with Crippen molar-refractivity contribution < 1.29 is 22.7 Å². The zero-order chi connectivity index (χ0) is 15.7. The summed E-state index contributed by atoms with van der Waals surface area (Å²) >= 11 is 11.5. The molecule has 0 aromatic carbocycles. The lowest BCUT2D eigenvalue weighted by Gasteiger charge is -2.12. The van der Waals surface area contributed by atoms with Crippen LogP contribution in [-0.4, -0.2) is 28.0 Å². The minimum Gasteiger partial charge on any atom is -0.468 e. The van der Waals surface area contributed by atoms with E-state index in [-0.39, 0.29) is 18.3 Å². The van der Waals surface area contributed by atoms with Gasteiger partial charge in [0.15, 0.2) is 6.61 Å². The molecule has 0 bridgehead atoms. The van der Waals surface area contributed by atoms with Crippen LogP contribution in [0.5, 0.6) is 5.88 Å². The van der Waals surface area contributed by atoms with Gasteiger partial charge in [-0.1, -0.05) is 6.07 Å². The van der Waals surface area contributed by atoms with E-state index in [2.05, 4.69) is 15.0 Å². The molecule has 0 spiro atoms. The molecule has 4 nitrogen and oxygen atoms in total. The molecule has 1 aromatic rings. The minimum absolute atomic E-state index is 0.0137. The molecular weight excluding hydrogens is 332 g/mol. The second kappa shape index (κ2) is 5.88. The highest BCUT2D eigenvalue weighted by atomic mass is 35.5. The molecule has 1 aliphatic rings. The van der Waals surface area contributed by atoms with Gasteiger partial charge >= 0.3 is 6.18 Å². The van der Waals surface area contributed by atoms with Gasteiger partial charge in [-0.05, 0) is 12.5 Å². The van der Waals surface area contributed by atoms with E-state index in [4.69, 9.17) is 23.2 Å². The lowest BCUT2D eigenvalue weighted by Crippen LogP contribution is -2.27. The third-order valence-electron chi connectivity index (χ3n) is 2.82. The average molecular weight is 343 g/mol. The van der Waals surface area contributed by atoms with Gasteiger partial charge in [0.1, 0.15) is 4.33 Å². The summed E-state index contributed by atoms with van der Waals surface area (Å²) in [5.41, 5.74) is 0.338. The number of nitrogens with one attached hydrogen (secondary N) is 1. The van der Waals surface area contributed by atoms with E-state index in [0.717, 1.165) is 0 Å². The molecule has 2 rings (SSSR count). The average Bonchev–Trinajstić information content (AvgIpc) is 3.03. The molecular formula is C12H11Cl2F3N2O2. The molecule has 1 saturated carbocycles. The predicted octanol–water partition coefficient (Wildman–Crippen LogP) is 2.83. The number of ether oxygens (including phenoxy) is 1. The molecule has 0 aliphatic heterocycles. The molecule has 1 N–H and O–H groups in total. The molecule has 1 atom stereocenters. The summed E-state index contributed by atoms with van der Waals surface area (Å²) in [6.45, 7) is -1.46. The van der Waals surface area contributed by atoms with E-state index < -0.39 is 23.0 Å². The quantitative estimate of drug-likeness (QED) is 0.837. The highest BCUT2D eigenvalue weighted by molar-refractivity contribution is 6.52. The first kappa shape index (κ1) is 16.2. The van der Waals surface area contributed by atoms with Crippen LogP contribution in [-0.2, 0) is 11.3 Å². The van der Waals surface area contributed by atoms with Crippen molar-refractivity contribution in [3.8, 4) is 5.88 Å². The maximum absolute atomic E-state index is 12.1. The number of carbonyl (C=O) groups excluding carboxylic acids is 1. The minimum atomic E-state index is -4.46. The van der Waals surface area contributed by atoms with Crippen molar-refractivity contribution in [3.63, 3.8) is 0 Å². The fourth-order valence-electron chi connectivity index (χ4n) is 1.64. The lowest BCUT2D eigenvalue weighted by molar-refractivity contribution is -0.154. The van der Waals surface area contributed by atoms with E-state index in [1.807, 2.05) is 0 Å². The SMILES string of the molecule is O=C(NCc1cccnc1OCC(F)(F)F)C1CC1(Cl)Cl. The smallest absolute Gasteiger partial charge is 0.422 e. The molecule has 1 aromatic heterocycles. The van der Waals surface area contributed by atoms with Gasteiger partial charge in [0.25, 0.3) is 0 Å². The molecule has 1 unspecified atom stereocenters.